The van der Waals surface area contributed by atoms with Crippen molar-refractivity contribution in [2.75, 3.05) is 17.7 Å². The van der Waals surface area contributed by atoms with Crippen LogP contribution < -0.4 is 11.1 Å². The summed E-state index contributed by atoms with van der Waals surface area (Å²) in [4.78, 5) is 16.5. The lowest BCUT2D eigenvalue weighted by atomic mass is 9.97. The van der Waals surface area contributed by atoms with Gasteiger partial charge in [0.1, 0.15) is 11.4 Å². The number of pyridine rings is 1. The molecule has 6 heteroatoms. The van der Waals surface area contributed by atoms with E-state index in [4.69, 9.17) is 15.9 Å². The summed E-state index contributed by atoms with van der Waals surface area (Å²) in [5.41, 5.74) is 8.75. The van der Waals surface area contributed by atoms with Crippen LogP contribution in [0.25, 0.3) is 0 Å². The fourth-order valence-corrected chi connectivity index (χ4v) is 2.46. The molecule has 2 rings (SSSR count). The molecule has 26 heavy (non-hydrogen) atoms. The first-order chi connectivity index (χ1) is 12.1. The van der Waals surface area contributed by atoms with Gasteiger partial charge < -0.3 is 15.8 Å². The summed E-state index contributed by atoms with van der Waals surface area (Å²) < 4.78 is 5.06. The highest BCUT2D eigenvalue weighted by Gasteiger charge is 2.24. The summed E-state index contributed by atoms with van der Waals surface area (Å²) >= 11 is 0. The highest BCUT2D eigenvalue weighted by atomic mass is 16.5. The second-order valence-electron chi connectivity index (χ2n) is 7.15. The van der Waals surface area contributed by atoms with E-state index in [0.29, 0.717) is 16.9 Å². The molecule has 1 heterocycles. The first-order valence-corrected chi connectivity index (χ1v) is 8.53. The highest BCUT2D eigenvalue weighted by Crippen LogP contribution is 2.29. The molecule has 0 unspecified atom stereocenters. The molecule has 0 amide bonds. The van der Waals surface area contributed by atoms with Gasteiger partial charge in [-0.1, -0.05) is 29.8 Å². The minimum Gasteiger partial charge on any atom is -0.462 e. The quantitative estimate of drug-likeness (QED) is 0.560. The molecule has 1 aromatic heterocycles. The van der Waals surface area contributed by atoms with Crippen LogP contribution in [0.15, 0.2) is 30.5 Å². The lowest BCUT2D eigenvalue weighted by molar-refractivity contribution is 0.0527. The van der Waals surface area contributed by atoms with Gasteiger partial charge in [-0.2, -0.15) is 0 Å². The van der Waals surface area contributed by atoms with E-state index in [9.17, 15) is 4.79 Å². The number of hydrogen-bond donors (Lipinski definition) is 3. The third-order valence-electron chi connectivity index (χ3n) is 3.70. The van der Waals surface area contributed by atoms with E-state index in [1.54, 1.807) is 6.92 Å². The van der Waals surface area contributed by atoms with Crippen LogP contribution in [0.4, 0.5) is 11.5 Å². The van der Waals surface area contributed by atoms with E-state index in [-0.39, 0.29) is 29.1 Å². The Labute approximate surface area is 154 Å². The SMILES string of the molecule is CCOC(=O)c1cnc(NC(C)(C)C)c(C(=N)c2ccc(C)cc2)c1N. The minimum absolute atomic E-state index is 0.165. The zero-order valence-electron chi connectivity index (χ0n) is 15.9. The third-order valence-corrected chi connectivity index (χ3v) is 3.70. The number of hydrogen-bond acceptors (Lipinski definition) is 6. The Balaban J connectivity index is 2.61. The Hall–Kier alpha value is -2.89. The van der Waals surface area contributed by atoms with Gasteiger partial charge in [0.05, 0.1) is 23.6 Å². The number of nitrogen functional groups attached to an aromatic ring is 1. The number of carbonyl (C=O) groups excluding carboxylic acids is 1. The number of aryl methyl sites for hydroxylation is 1. The molecule has 0 fully saturated rings. The van der Waals surface area contributed by atoms with Crippen LogP contribution >= 0.6 is 0 Å². The molecule has 0 atom stereocenters. The molecule has 138 valence electrons. The largest absolute Gasteiger partial charge is 0.462 e. The van der Waals surface area contributed by atoms with Gasteiger partial charge >= 0.3 is 5.97 Å². The number of carbonyl (C=O) groups is 1. The van der Waals surface area contributed by atoms with Crippen molar-refractivity contribution in [1.82, 2.24) is 4.98 Å². The average Bonchev–Trinajstić information content (AvgIpc) is 2.54. The van der Waals surface area contributed by atoms with E-state index in [0.717, 1.165) is 5.56 Å². The summed E-state index contributed by atoms with van der Waals surface area (Å²) in [5, 5.41) is 11.9. The first kappa shape index (κ1) is 19.4. The van der Waals surface area contributed by atoms with E-state index in [2.05, 4.69) is 10.3 Å². The minimum atomic E-state index is -0.544. The summed E-state index contributed by atoms with van der Waals surface area (Å²) in [6.07, 6.45) is 1.40. The number of nitrogens with two attached hydrogens (primary N) is 1. The maximum Gasteiger partial charge on any atom is 0.341 e. The summed E-state index contributed by atoms with van der Waals surface area (Å²) in [6.45, 7) is 9.92. The lowest BCUT2D eigenvalue weighted by Gasteiger charge is -2.24. The molecular weight excluding hydrogens is 328 g/mol. The molecule has 6 nitrogen and oxygen atoms in total. The van der Waals surface area contributed by atoms with Crippen molar-refractivity contribution in [2.45, 2.75) is 40.2 Å². The molecule has 0 aliphatic rings. The van der Waals surface area contributed by atoms with Crippen LogP contribution in [-0.2, 0) is 4.74 Å². The van der Waals surface area contributed by atoms with E-state index >= 15 is 0 Å². The van der Waals surface area contributed by atoms with Crippen molar-refractivity contribution in [3.63, 3.8) is 0 Å². The maximum atomic E-state index is 12.2. The number of anilines is 2. The Morgan fingerprint density at radius 1 is 1.27 bits per heavy atom. The van der Waals surface area contributed by atoms with Crippen molar-refractivity contribution in [2.24, 2.45) is 0 Å². The van der Waals surface area contributed by atoms with Crippen molar-refractivity contribution in [3.05, 3.63) is 52.7 Å². The number of aromatic nitrogens is 1. The fourth-order valence-electron chi connectivity index (χ4n) is 2.46. The second kappa shape index (κ2) is 7.56. The van der Waals surface area contributed by atoms with Crippen molar-refractivity contribution in [1.29, 1.82) is 5.41 Å². The number of ether oxygens (including phenoxy) is 1. The van der Waals surface area contributed by atoms with Gasteiger partial charge in [-0.3, -0.25) is 5.41 Å². The Morgan fingerprint density at radius 3 is 2.42 bits per heavy atom. The van der Waals surface area contributed by atoms with Crippen LogP contribution in [0.2, 0.25) is 0 Å². The lowest BCUT2D eigenvalue weighted by Crippen LogP contribution is -2.29. The second-order valence-corrected chi connectivity index (χ2v) is 7.15. The molecule has 1 aromatic carbocycles. The van der Waals surface area contributed by atoms with Crippen molar-refractivity contribution in [3.8, 4) is 0 Å². The fraction of sp³-hybridized carbons (Fsp3) is 0.350. The van der Waals surface area contributed by atoms with Gasteiger partial charge in [-0.25, -0.2) is 9.78 Å². The van der Waals surface area contributed by atoms with Crippen LogP contribution in [-0.4, -0.2) is 28.8 Å². The van der Waals surface area contributed by atoms with Crippen molar-refractivity contribution < 1.29 is 9.53 Å². The van der Waals surface area contributed by atoms with Gasteiger partial charge in [0, 0.05) is 17.3 Å². The summed E-state index contributed by atoms with van der Waals surface area (Å²) in [5.74, 6) is -0.0774. The highest BCUT2D eigenvalue weighted by molar-refractivity contribution is 6.18. The monoisotopic (exact) mass is 354 g/mol. The topological polar surface area (TPSA) is 101 Å². The average molecular weight is 354 g/mol. The van der Waals surface area contributed by atoms with E-state index < -0.39 is 5.97 Å². The maximum absolute atomic E-state index is 12.2. The zero-order chi connectivity index (χ0) is 19.5. The predicted octanol–water partition coefficient (Wildman–Crippen LogP) is 3.78. The van der Waals surface area contributed by atoms with Gasteiger partial charge in [-0.15, -0.1) is 0 Å². The number of rotatable bonds is 5. The molecule has 2 aromatic rings. The van der Waals surface area contributed by atoms with Crippen LogP contribution in [0.5, 0.6) is 0 Å². The first-order valence-electron chi connectivity index (χ1n) is 8.53. The zero-order valence-corrected chi connectivity index (χ0v) is 15.9. The van der Waals surface area contributed by atoms with Crippen LogP contribution in [0.3, 0.4) is 0 Å². The molecule has 0 saturated heterocycles. The van der Waals surface area contributed by atoms with Crippen molar-refractivity contribution >= 4 is 23.2 Å². The van der Waals surface area contributed by atoms with Gasteiger partial charge in [0.2, 0.25) is 0 Å². The molecule has 0 radical (unpaired) electrons. The molecule has 0 saturated carbocycles. The molecule has 0 aliphatic carbocycles. The number of benzene rings is 1. The van der Waals surface area contributed by atoms with Gasteiger partial charge in [-0.05, 0) is 34.6 Å². The van der Waals surface area contributed by atoms with Crippen LogP contribution in [0, 0.1) is 12.3 Å². The number of nitrogens with one attached hydrogen (secondary N) is 2. The number of nitrogens with zero attached hydrogens (tertiary/aromatic N) is 1. The molecule has 0 bridgehead atoms. The van der Waals surface area contributed by atoms with E-state index in [1.807, 2.05) is 52.0 Å². The standard InChI is InChI=1S/C20H26N4O2/c1-6-26-19(25)14-11-23-18(24-20(3,4)5)15(17(14)22)16(21)13-9-7-12(2)8-10-13/h7-11,21H,6H2,1-5H3,(H3,22,23,24). The normalized spacial score (nSPS) is 11.1. The Kier molecular flexibility index (Phi) is 5.65. The van der Waals surface area contributed by atoms with Gasteiger partial charge in [0.15, 0.2) is 0 Å². The molecular formula is C20H26N4O2. The molecule has 0 spiro atoms. The van der Waals surface area contributed by atoms with Gasteiger partial charge in [0.25, 0.3) is 0 Å². The predicted molar refractivity (Wildman–Crippen MR) is 105 cm³/mol. The third kappa shape index (κ3) is 4.39. The Morgan fingerprint density at radius 2 is 1.88 bits per heavy atom. The molecule has 0 aliphatic heterocycles. The smallest absolute Gasteiger partial charge is 0.341 e. The molecule has 4 N–H and O–H groups in total. The summed E-state index contributed by atoms with van der Waals surface area (Å²) in [7, 11) is 0. The van der Waals surface area contributed by atoms with Crippen LogP contribution in [0.1, 0.15) is 54.7 Å². The van der Waals surface area contributed by atoms with E-state index in [1.165, 1.54) is 6.20 Å². The summed E-state index contributed by atoms with van der Waals surface area (Å²) in [6, 6.07) is 7.57. The number of esters is 1. The Bertz CT molecular complexity index is 821.